The molecule has 0 aliphatic rings. The fraction of sp³-hybridized carbons (Fsp3) is 0. The Kier molecular flexibility index (Phi) is 3.34. The topological polar surface area (TPSA) is 46.5 Å². The van der Waals surface area contributed by atoms with Crippen molar-refractivity contribution in [3.63, 3.8) is 0 Å². The molecule has 1 rings (SSSR count). The summed E-state index contributed by atoms with van der Waals surface area (Å²) in [6.45, 7) is 0. The molecule has 1 aromatic rings. The van der Waals surface area contributed by atoms with Crippen LogP contribution in [-0.4, -0.2) is 8.76 Å². The van der Waals surface area contributed by atoms with E-state index in [1.54, 1.807) is 0 Å². The zero-order valence-electron chi connectivity index (χ0n) is 5.66. The molecule has 0 bridgehead atoms. The highest BCUT2D eigenvalue weighted by Gasteiger charge is 2.04. The van der Waals surface area contributed by atoms with Gasteiger partial charge in [-0.2, -0.15) is 4.21 Å². The zero-order chi connectivity index (χ0) is 9.14. The molecule has 1 aromatic carbocycles. The molecule has 0 amide bonds. The summed E-state index contributed by atoms with van der Waals surface area (Å²) in [6, 6.07) is 4.35. The number of benzene rings is 1. The monoisotopic (exact) mass is 226 g/mol. The minimum atomic E-state index is -2.36. The van der Waals surface area contributed by atoms with Gasteiger partial charge in [0, 0.05) is 5.02 Å². The first-order chi connectivity index (χ1) is 5.59. The van der Waals surface area contributed by atoms with Gasteiger partial charge in [-0.1, -0.05) is 23.2 Å². The molecular weight excluding hydrogens is 223 g/mol. The van der Waals surface area contributed by atoms with E-state index in [9.17, 15) is 4.21 Å². The van der Waals surface area contributed by atoms with Gasteiger partial charge < -0.3 is 4.18 Å². The van der Waals surface area contributed by atoms with Crippen LogP contribution in [0.5, 0.6) is 5.75 Å². The van der Waals surface area contributed by atoms with Gasteiger partial charge in [0.15, 0.2) is 5.75 Å². The van der Waals surface area contributed by atoms with Crippen LogP contribution >= 0.6 is 23.2 Å². The highest BCUT2D eigenvalue weighted by atomic mass is 35.5. The molecule has 0 fully saturated rings. The minimum Gasteiger partial charge on any atom is -0.379 e. The molecule has 1 atom stereocenters. The van der Waals surface area contributed by atoms with Crippen LogP contribution in [0.1, 0.15) is 0 Å². The minimum absolute atomic E-state index is 0.127. The van der Waals surface area contributed by atoms with Gasteiger partial charge in [0.05, 0.1) is 5.02 Å². The Morgan fingerprint density at radius 1 is 1.42 bits per heavy atom. The van der Waals surface area contributed by atoms with Crippen molar-refractivity contribution < 1.29 is 12.9 Å². The predicted octanol–water partition coefficient (Wildman–Crippen LogP) is 2.51. The first-order valence-corrected chi connectivity index (χ1v) is 4.62. The van der Waals surface area contributed by atoms with Gasteiger partial charge >= 0.3 is 11.4 Å². The number of hydrogen-bond acceptors (Lipinski definition) is 2. The van der Waals surface area contributed by atoms with Gasteiger partial charge in [-0.15, -0.1) is 0 Å². The largest absolute Gasteiger partial charge is 0.379 e. The lowest BCUT2D eigenvalue weighted by atomic mass is 10.3. The number of halogens is 2. The van der Waals surface area contributed by atoms with E-state index < -0.39 is 11.4 Å². The third-order valence-corrected chi connectivity index (χ3v) is 1.91. The van der Waals surface area contributed by atoms with E-state index in [2.05, 4.69) is 4.18 Å². The molecule has 0 aromatic heterocycles. The van der Waals surface area contributed by atoms with E-state index in [1.807, 2.05) is 0 Å². The summed E-state index contributed by atoms with van der Waals surface area (Å²) in [6.07, 6.45) is 0. The summed E-state index contributed by atoms with van der Waals surface area (Å²) in [5.74, 6) is 0.127. The van der Waals surface area contributed by atoms with Crippen molar-refractivity contribution >= 4 is 34.6 Å². The molecule has 12 heavy (non-hydrogen) atoms. The Morgan fingerprint density at radius 2 is 2.08 bits per heavy atom. The molecule has 1 N–H and O–H groups in total. The lowest BCUT2D eigenvalue weighted by Crippen LogP contribution is -1.97. The quantitative estimate of drug-likeness (QED) is 0.789. The summed E-state index contributed by atoms with van der Waals surface area (Å²) < 4.78 is 23.0. The highest BCUT2D eigenvalue weighted by Crippen LogP contribution is 2.27. The van der Waals surface area contributed by atoms with Crippen molar-refractivity contribution in [3.8, 4) is 5.75 Å². The second-order valence-electron chi connectivity index (χ2n) is 1.88. The first-order valence-electron chi connectivity index (χ1n) is 2.84. The van der Waals surface area contributed by atoms with Crippen LogP contribution in [0, 0.1) is 0 Å². The van der Waals surface area contributed by atoms with Crippen LogP contribution < -0.4 is 4.18 Å². The van der Waals surface area contributed by atoms with Crippen LogP contribution in [0.2, 0.25) is 10.0 Å². The molecule has 66 valence electrons. The van der Waals surface area contributed by atoms with Gasteiger partial charge in [0.25, 0.3) is 0 Å². The Hall–Kier alpha value is -0.290. The first kappa shape index (κ1) is 9.80. The van der Waals surface area contributed by atoms with E-state index in [0.717, 1.165) is 0 Å². The standard InChI is InChI=1S/C6H4Cl2O3S/c7-4-1-2-6(5(8)3-4)11-12(9)10/h1-3H,(H,9,10). The maximum atomic E-state index is 10.2. The predicted molar refractivity (Wildman–Crippen MR) is 47.9 cm³/mol. The second kappa shape index (κ2) is 4.09. The normalized spacial score (nSPS) is 12.6. The third-order valence-electron chi connectivity index (χ3n) is 1.05. The van der Waals surface area contributed by atoms with Gasteiger partial charge in [0.2, 0.25) is 0 Å². The zero-order valence-corrected chi connectivity index (χ0v) is 7.99. The second-order valence-corrected chi connectivity index (χ2v) is 3.32. The molecule has 0 spiro atoms. The smallest absolute Gasteiger partial charge is 0.357 e. The molecule has 1 unspecified atom stereocenters. The molecule has 0 radical (unpaired) electrons. The number of rotatable bonds is 2. The van der Waals surface area contributed by atoms with Crippen molar-refractivity contribution in [3.05, 3.63) is 28.2 Å². The van der Waals surface area contributed by atoms with Crippen LogP contribution in [-0.2, 0) is 11.4 Å². The van der Waals surface area contributed by atoms with E-state index >= 15 is 0 Å². The van der Waals surface area contributed by atoms with Crippen LogP contribution in [0.15, 0.2) is 18.2 Å². The van der Waals surface area contributed by atoms with Crippen molar-refractivity contribution in [2.24, 2.45) is 0 Å². The van der Waals surface area contributed by atoms with E-state index in [4.69, 9.17) is 27.8 Å². The van der Waals surface area contributed by atoms with Crippen molar-refractivity contribution in [2.75, 3.05) is 0 Å². The summed E-state index contributed by atoms with van der Waals surface area (Å²) in [7, 11) is 0. The Morgan fingerprint density at radius 3 is 2.58 bits per heavy atom. The van der Waals surface area contributed by atoms with Crippen molar-refractivity contribution in [1.82, 2.24) is 0 Å². The van der Waals surface area contributed by atoms with Crippen LogP contribution in [0.25, 0.3) is 0 Å². The fourth-order valence-electron chi connectivity index (χ4n) is 0.620. The van der Waals surface area contributed by atoms with Crippen LogP contribution in [0.3, 0.4) is 0 Å². The lowest BCUT2D eigenvalue weighted by molar-refractivity contribution is 0.458. The molecule has 0 heterocycles. The van der Waals surface area contributed by atoms with Gasteiger partial charge in [-0.25, -0.2) is 0 Å². The molecule has 0 saturated carbocycles. The Balaban J connectivity index is 2.93. The summed E-state index contributed by atoms with van der Waals surface area (Å²) >= 11 is 8.83. The average Bonchev–Trinajstić information content (AvgIpc) is 1.94. The number of hydrogen-bond donors (Lipinski definition) is 1. The molecule has 3 nitrogen and oxygen atoms in total. The Bertz CT molecular complexity index is 316. The molecule has 6 heteroatoms. The third kappa shape index (κ3) is 2.64. The average molecular weight is 227 g/mol. The highest BCUT2D eigenvalue weighted by molar-refractivity contribution is 7.74. The van der Waals surface area contributed by atoms with Crippen molar-refractivity contribution in [2.45, 2.75) is 0 Å². The summed E-state index contributed by atoms with van der Waals surface area (Å²) in [5.41, 5.74) is 0. The Labute approximate surface area is 81.7 Å². The molecule has 0 aliphatic carbocycles. The van der Waals surface area contributed by atoms with Gasteiger partial charge in [-0.3, -0.25) is 4.55 Å². The molecule has 0 aliphatic heterocycles. The maximum Gasteiger partial charge on any atom is 0.357 e. The van der Waals surface area contributed by atoms with Gasteiger partial charge in [0.1, 0.15) is 0 Å². The van der Waals surface area contributed by atoms with Gasteiger partial charge in [-0.05, 0) is 18.2 Å². The SMILES string of the molecule is O=S(O)Oc1ccc(Cl)cc1Cl. The molecule has 0 saturated heterocycles. The van der Waals surface area contributed by atoms with E-state index in [0.29, 0.717) is 5.02 Å². The maximum absolute atomic E-state index is 10.2. The molecular formula is C6H4Cl2O3S. The summed E-state index contributed by atoms with van der Waals surface area (Å²) in [4.78, 5) is 0. The van der Waals surface area contributed by atoms with Crippen molar-refractivity contribution in [1.29, 1.82) is 0 Å². The lowest BCUT2D eigenvalue weighted by Gasteiger charge is -2.01. The van der Waals surface area contributed by atoms with Crippen LogP contribution in [0.4, 0.5) is 0 Å². The van der Waals surface area contributed by atoms with E-state index in [1.165, 1.54) is 18.2 Å². The summed E-state index contributed by atoms with van der Waals surface area (Å²) in [5, 5.41) is 0.640. The fourth-order valence-corrected chi connectivity index (χ4v) is 1.41. The van der Waals surface area contributed by atoms with E-state index in [-0.39, 0.29) is 10.8 Å².